The molecule has 0 aliphatic carbocycles. The molecule has 180 valence electrons. The molecule has 1 amide bonds. The van der Waals surface area contributed by atoms with E-state index in [9.17, 15) is 13.2 Å². The SMILES string of the molecule is C[Si](C)(C)CCOCOc1ccc(Cl)c(Cl)c1[C@@H]1CC(=O)N(c2ccnc(S(N)(=O)=O)c2)C1. The van der Waals surface area contributed by atoms with Crippen molar-refractivity contribution in [2.45, 2.75) is 43.0 Å². The van der Waals surface area contributed by atoms with Crippen LogP contribution in [0.2, 0.25) is 35.7 Å². The fourth-order valence-corrected chi connectivity index (χ4v) is 5.19. The summed E-state index contributed by atoms with van der Waals surface area (Å²) in [6, 6.07) is 7.20. The number of primary sulfonamides is 1. The molecule has 33 heavy (non-hydrogen) atoms. The van der Waals surface area contributed by atoms with E-state index in [1.54, 1.807) is 18.2 Å². The van der Waals surface area contributed by atoms with Gasteiger partial charge in [-0.05, 0) is 24.2 Å². The molecular weight excluding hydrogens is 505 g/mol. The van der Waals surface area contributed by atoms with Gasteiger partial charge in [0.2, 0.25) is 5.91 Å². The third-order valence-corrected chi connectivity index (χ3v) is 8.57. The van der Waals surface area contributed by atoms with E-state index < -0.39 is 18.1 Å². The number of sulfonamides is 1. The number of halogens is 2. The largest absolute Gasteiger partial charge is 0.467 e. The van der Waals surface area contributed by atoms with Crippen molar-refractivity contribution in [3.63, 3.8) is 0 Å². The average molecular weight is 533 g/mol. The third-order valence-electron chi connectivity index (χ3n) is 5.24. The molecule has 0 radical (unpaired) electrons. The van der Waals surface area contributed by atoms with Crippen molar-refractivity contribution in [2.24, 2.45) is 5.14 Å². The fraction of sp³-hybridized carbons (Fsp3) is 0.429. The van der Waals surface area contributed by atoms with Crippen molar-refractivity contribution < 1.29 is 22.7 Å². The van der Waals surface area contributed by atoms with Crippen LogP contribution in [0.1, 0.15) is 17.9 Å². The lowest BCUT2D eigenvalue weighted by molar-refractivity contribution is -0.117. The van der Waals surface area contributed by atoms with Gasteiger partial charge in [-0.3, -0.25) is 4.79 Å². The van der Waals surface area contributed by atoms with E-state index in [1.165, 1.54) is 17.2 Å². The molecule has 1 atom stereocenters. The number of hydrogen-bond donors (Lipinski definition) is 1. The highest BCUT2D eigenvalue weighted by Gasteiger charge is 2.35. The molecule has 0 saturated carbocycles. The van der Waals surface area contributed by atoms with E-state index in [2.05, 4.69) is 24.6 Å². The van der Waals surface area contributed by atoms with E-state index in [-0.39, 0.29) is 36.6 Å². The lowest BCUT2D eigenvalue weighted by atomic mass is 9.97. The molecule has 3 rings (SSSR count). The smallest absolute Gasteiger partial charge is 0.255 e. The predicted molar refractivity (Wildman–Crippen MR) is 131 cm³/mol. The minimum Gasteiger partial charge on any atom is -0.467 e. The van der Waals surface area contributed by atoms with Gasteiger partial charge in [0.25, 0.3) is 10.0 Å². The Balaban J connectivity index is 1.79. The van der Waals surface area contributed by atoms with E-state index >= 15 is 0 Å². The summed E-state index contributed by atoms with van der Waals surface area (Å²) in [4.78, 5) is 18.1. The van der Waals surface area contributed by atoms with E-state index in [4.69, 9.17) is 37.8 Å². The zero-order valence-corrected chi connectivity index (χ0v) is 22.0. The van der Waals surface area contributed by atoms with Crippen molar-refractivity contribution in [3.8, 4) is 5.75 Å². The minimum absolute atomic E-state index is 0.0574. The second-order valence-corrected chi connectivity index (χ2v) is 17.0. The van der Waals surface area contributed by atoms with Gasteiger partial charge < -0.3 is 14.4 Å². The number of anilines is 1. The lowest BCUT2D eigenvalue weighted by Crippen LogP contribution is -2.25. The fourth-order valence-electron chi connectivity index (χ4n) is 3.47. The van der Waals surface area contributed by atoms with Crippen LogP contribution in [0.15, 0.2) is 35.5 Å². The number of carbonyl (C=O) groups excluding carboxylic acids is 1. The molecule has 0 unspecified atom stereocenters. The van der Waals surface area contributed by atoms with Crippen molar-refractivity contribution in [1.82, 2.24) is 4.98 Å². The highest BCUT2D eigenvalue weighted by molar-refractivity contribution is 7.89. The zero-order valence-electron chi connectivity index (χ0n) is 18.7. The molecule has 0 spiro atoms. The molecule has 12 heteroatoms. The minimum atomic E-state index is -4.00. The molecule has 2 N–H and O–H groups in total. The van der Waals surface area contributed by atoms with Gasteiger partial charge in [0.05, 0.1) is 10.0 Å². The van der Waals surface area contributed by atoms with Gasteiger partial charge in [0, 0.05) is 57.1 Å². The first-order valence-electron chi connectivity index (χ1n) is 10.3. The van der Waals surface area contributed by atoms with Crippen molar-refractivity contribution in [2.75, 3.05) is 24.8 Å². The molecule has 8 nitrogen and oxygen atoms in total. The van der Waals surface area contributed by atoms with Gasteiger partial charge in [0.15, 0.2) is 11.8 Å². The lowest BCUT2D eigenvalue weighted by Gasteiger charge is -2.20. The van der Waals surface area contributed by atoms with E-state index in [1.807, 2.05) is 0 Å². The van der Waals surface area contributed by atoms with Crippen LogP contribution in [0.25, 0.3) is 0 Å². The van der Waals surface area contributed by atoms with Gasteiger partial charge in [0.1, 0.15) is 5.75 Å². The maximum absolute atomic E-state index is 12.8. The number of aromatic nitrogens is 1. The van der Waals surface area contributed by atoms with Crippen molar-refractivity contribution >= 4 is 52.9 Å². The van der Waals surface area contributed by atoms with Crippen molar-refractivity contribution in [1.29, 1.82) is 0 Å². The van der Waals surface area contributed by atoms with Gasteiger partial charge >= 0.3 is 0 Å². The molecule has 0 bridgehead atoms. The summed E-state index contributed by atoms with van der Waals surface area (Å²) in [5.41, 5.74) is 1.01. The Kier molecular flexibility index (Phi) is 8.08. The van der Waals surface area contributed by atoms with Gasteiger partial charge in [-0.2, -0.15) is 0 Å². The summed E-state index contributed by atoms with van der Waals surface area (Å²) < 4.78 is 34.8. The highest BCUT2D eigenvalue weighted by atomic mass is 35.5. The molecule has 1 saturated heterocycles. The molecule has 1 aliphatic heterocycles. The number of ether oxygens (including phenoxy) is 2. The monoisotopic (exact) mass is 531 g/mol. The first kappa shape index (κ1) is 25.9. The number of rotatable bonds is 9. The maximum Gasteiger partial charge on any atom is 0.255 e. The standard InChI is InChI=1S/C21H27Cl2N3O5SSi/c1-33(2,3)9-8-30-13-31-17-5-4-16(22)21(23)20(17)14-10-19(27)26(12-14)15-6-7-25-18(11-15)32(24,28)29/h4-7,11,14H,8-10,12-13H2,1-3H3,(H2,24,28,29)/t14-/m1/s1. The van der Waals surface area contributed by atoms with E-state index in [0.717, 1.165) is 6.04 Å². The Hall–Kier alpha value is -1.69. The Bertz CT molecular complexity index is 1140. The number of pyridine rings is 1. The summed E-state index contributed by atoms with van der Waals surface area (Å²) >= 11 is 12.8. The molecule has 2 aromatic rings. The summed E-state index contributed by atoms with van der Waals surface area (Å²) in [6.07, 6.45) is 1.45. The van der Waals surface area contributed by atoms with Gasteiger partial charge in [-0.1, -0.05) is 42.8 Å². The number of nitrogens with zero attached hydrogens (tertiary/aromatic N) is 2. The summed E-state index contributed by atoms with van der Waals surface area (Å²) in [7, 11) is -5.21. The predicted octanol–water partition coefficient (Wildman–Crippen LogP) is 4.25. The first-order chi connectivity index (χ1) is 15.4. The summed E-state index contributed by atoms with van der Waals surface area (Å²) in [6.45, 7) is 7.74. The highest BCUT2D eigenvalue weighted by Crippen LogP contribution is 2.43. The Labute approximate surface area is 205 Å². The molecule has 1 aliphatic rings. The third kappa shape index (κ3) is 6.68. The summed E-state index contributed by atoms with van der Waals surface area (Å²) in [5, 5.41) is 5.53. The maximum atomic E-state index is 12.8. The Morgan fingerprint density at radius 3 is 2.64 bits per heavy atom. The molecule has 1 fully saturated rings. The van der Waals surface area contributed by atoms with Crippen LogP contribution in [0.3, 0.4) is 0 Å². The molecule has 2 heterocycles. The summed E-state index contributed by atoms with van der Waals surface area (Å²) in [5.74, 6) is -0.0104. The number of benzene rings is 1. The van der Waals surface area contributed by atoms with Crippen LogP contribution in [-0.4, -0.2) is 47.3 Å². The molecule has 1 aromatic heterocycles. The number of carbonyl (C=O) groups is 1. The first-order valence-corrected chi connectivity index (χ1v) is 16.4. The number of nitrogens with two attached hydrogens (primary N) is 1. The normalized spacial score (nSPS) is 17.0. The van der Waals surface area contributed by atoms with Crippen LogP contribution < -0.4 is 14.8 Å². The number of hydrogen-bond acceptors (Lipinski definition) is 6. The van der Waals surface area contributed by atoms with Crippen LogP contribution in [-0.2, 0) is 19.6 Å². The molecular formula is C21H27Cl2N3O5SSi. The van der Waals surface area contributed by atoms with Gasteiger partial charge in [-0.15, -0.1) is 0 Å². The van der Waals surface area contributed by atoms with E-state index in [0.29, 0.717) is 33.7 Å². The molecule has 1 aromatic carbocycles. The topological polar surface area (TPSA) is 112 Å². The zero-order chi connectivity index (χ0) is 24.4. The van der Waals surface area contributed by atoms with Crippen LogP contribution >= 0.6 is 23.2 Å². The Morgan fingerprint density at radius 1 is 1.24 bits per heavy atom. The Morgan fingerprint density at radius 2 is 1.97 bits per heavy atom. The van der Waals surface area contributed by atoms with Crippen molar-refractivity contribution in [3.05, 3.63) is 46.1 Å². The average Bonchev–Trinajstić information content (AvgIpc) is 3.10. The second-order valence-electron chi connectivity index (χ2n) is 9.06. The van der Waals surface area contributed by atoms with Gasteiger partial charge in [-0.25, -0.2) is 18.5 Å². The van der Waals surface area contributed by atoms with Crippen LogP contribution in [0.5, 0.6) is 5.75 Å². The quantitative estimate of drug-likeness (QED) is 0.294. The van der Waals surface area contributed by atoms with Crippen LogP contribution in [0, 0.1) is 0 Å². The van der Waals surface area contributed by atoms with Crippen LogP contribution in [0.4, 0.5) is 5.69 Å². The second kappa shape index (κ2) is 10.3. The number of amides is 1.